The SMILES string of the molecule is [2H]c1c([2H])c([2H])c(-c2c3ccccc3c(-c3ccc4c(c3)sc3ccccc34)c3cc(-c4ccccc4)ccc23)c([2H])c1[2H].c1ccc(-c2ccc(-c3ccc4c(-c5ccccc5)c5ccccc5c(-c5cccc6c5oc5c7ccccc7ccc65)c4c3)s2)cc1.c1ccc2c(-c3c4ccccc4c(-c4ccc5c(c4)sc4ccccc45)c4cc(-c5ccc6oc7ccccc7c6c5)ccc34)c3oc4ccccc4c3cc2c1. The van der Waals surface area contributed by atoms with Crippen molar-refractivity contribution in [2.24, 2.45) is 0 Å². The number of fused-ring (bicyclic) bond motifs is 24. The van der Waals surface area contributed by atoms with E-state index < -0.39 is 6.04 Å². The third-order valence-electron chi connectivity index (χ3n) is 29.3. The molecule has 144 heavy (non-hydrogen) atoms. The highest BCUT2D eigenvalue weighted by atomic mass is 32.1. The van der Waals surface area contributed by atoms with Crippen molar-refractivity contribution in [3.05, 3.63) is 497 Å². The Labute approximate surface area is 847 Å². The zero-order chi connectivity index (χ0) is 98.9. The summed E-state index contributed by atoms with van der Waals surface area (Å²) in [7, 11) is 0. The summed E-state index contributed by atoms with van der Waals surface area (Å²) < 4.78 is 68.0. The van der Waals surface area contributed by atoms with Gasteiger partial charge in [0.15, 0.2) is 0 Å². The largest absolute Gasteiger partial charge is 0.456 e. The third kappa shape index (κ3) is 13.7. The highest BCUT2D eigenvalue weighted by molar-refractivity contribution is 7.26. The van der Waals surface area contributed by atoms with Crippen LogP contribution in [-0.2, 0) is 0 Å². The molecule has 6 heterocycles. The minimum absolute atomic E-state index is 0.200. The highest BCUT2D eigenvalue weighted by Gasteiger charge is 2.28. The van der Waals surface area contributed by atoms with Crippen molar-refractivity contribution >= 4 is 226 Å². The number of para-hydroxylation sites is 3. The normalized spacial score (nSPS) is 12.4. The summed E-state index contributed by atoms with van der Waals surface area (Å²) in [6.07, 6.45) is 0. The Hall–Kier alpha value is -17.9. The number of benzene rings is 25. The standard InChI is InChI=1S/C54H30O2S.C46H28OS.C38H24S/c1-2-12-35-33(11-1)29-45-37-14-6-9-19-47(37)56-54(45)53(35)52-41-17-4-3-16-40(41)51(34-22-24-39-38-15-7-10-20-49(38)57-50(39)30-34)44-28-31(21-25-42(44)52)32-23-26-48-43(27-32)36-13-5-8-18-46(36)55-48;1-3-13-30(14-4-1)41-26-27-42(48-41)32-23-24-36-40(28-32)44(35-19-10-9-18-34(35)43(36)31-15-5-2-6-16-31)39-21-11-20-37-38-25-22-29-12-7-8-17-33(29)45(38)47-46(37)39;1-3-11-25(12-4-1)27-19-22-33-34(23-27)38(28-20-21-30-29-15-9-10-18-35(29)39-36(30)24-28)32-17-8-7-16-31(32)37(33)26-13-5-2-6-14-26/h1-30H;1-28H;1-24H/i;;2D,5D,6D,13D,14D. The quantitative estimate of drug-likeness (QED) is 0.128. The van der Waals surface area contributed by atoms with Crippen LogP contribution in [0.25, 0.3) is 302 Å². The lowest BCUT2D eigenvalue weighted by Gasteiger charge is -2.20. The van der Waals surface area contributed by atoms with Gasteiger partial charge in [0, 0.05) is 110 Å². The van der Waals surface area contributed by atoms with E-state index in [-0.39, 0.29) is 29.7 Å². The fourth-order valence-corrected chi connectivity index (χ4v) is 26.1. The minimum atomic E-state index is -0.392. The van der Waals surface area contributed by atoms with E-state index in [2.05, 4.69) is 413 Å². The lowest BCUT2D eigenvalue weighted by atomic mass is 9.83. The van der Waals surface area contributed by atoms with Crippen LogP contribution in [0.5, 0.6) is 0 Å². The van der Waals surface area contributed by atoms with E-state index in [0.717, 1.165) is 137 Å². The van der Waals surface area contributed by atoms with Crippen LogP contribution in [0, 0.1) is 0 Å². The molecule has 0 aliphatic heterocycles. The monoisotopic (exact) mass is 1890 g/mol. The molecule has 0 spiro atoms. The van der Waals surface area contributed by atoms with E-state index in [9.17, 15) is 0 Å². The van der Waals surface area contributed by atoms with Crippen molar-refractivity contribution in [2.75, 3.05) is 0 Å². The molecular weight excluding hydrogens is 1800 g/mol. The van der Waals surface area contributed by atoms with Gasteiger partial charge in [-0.25, -0.2) is 0 Å². The molecule has 0 aliphatic carbocycles. The summed E-state index contributed by atoms with van der Waals surface area (Å²) in [5.41, 5.74) is 25.0. The first-order valence-electron chi connectivity index (χ1n) is 51.2. The smallest absolute Gasteiger partial charge is 0.143 e. The fraction of sp³-hybridized carbons (Fsp3) is 0. The van der Waals surface area contributed by atoms with E-state index in [1.165, 1.54) is 154 Å². The highest BCUT2D eigenvalue weighted by Crippen LogP contribution is 2.55. The number of hydrogen-bond acceptors (Lipinski definition) is 6. The molecule has 0 amide bonds. The van der Waals surface area contributed by atoms with Gasteiger partial charge in [0.25, 0.3) is 0 Å². The number of furan rings is 3. The van der Waals surface area contributed by atoms with Gasteiger partial charge in [-0.1, -0.05) is 406 Å². The zero-order valence-electron chi connectivity index (χ0n) is 82.4. The Morgan fingerprint density at radius 2 is 0.535 bits per heavy atom. The Kier molecular flexibility index (Phi) is 18.4. The van der Waals surface area contributed by atoms with Crippen molar-refractivity contribution in [3.8, 4) is 110 Å². The van der Waals surface area contributed by atoms with Crippen molar-refractivity contribution in [1.82, 2.24) is 0 Å². The van der Waals surface area contributed by atoms with Crippen LogP contribution in [-0.4, -0.2) is 0 Å². The van der Waals surface area contributed by atoms with Gasteiger partial charge in [-0.15, -0.1) is 34.0 Å². The van der Waals surface area contributed by atoms with Gasteiger partial charge in [-0.3, -0.25) is 0 Å². The second kappa shape index (κ2) is 34.0. The summed E-state index contributed by atoms with van der Waals surface area (Å²) in [6, 6.07) is 166. The molecule has 3 nitrogen and oxygen atoms in total. The Morgan fingerprint density at radius 3 is 1.15 bits per heavy atom. The van der Waals surface area contributed by atoms with Crippen LogP contribution in [0.2, 0.25) is 0 Å². The van der Waals surface area contributed by atoms with Crippen LogP contribution in [0.4, 0.5) is 0 Å². The second-order valence-corrected chi connectivity index (χ2v) is 40.5. The number of thiophene rings is 3. The first kappa shape index (κ1) is 78.0. The van der Waals surface area contributed by atoms with Crippen molar-refractivity contribution in [3.63, 3.8) is 0 Å². The average Bonchev–Trinajstić information content (AvgIpc) is 1.70. The molecule has 0 atom stereocenters. The van der Waals surface area contributed by atoms with Crippen molar-refractivity contribution < 1.29 is 20.1 Å². The van der Waals surface area contributed by atoms with Crippen LogP contribution in [0.15, 0.2) is 511 Å². The van der Waals surface area contributed by atoms with E-state index in [4.69, 9.17) is 20.1 Å². The fourth-order valence-electron chi connectivity index (χ4n) is 22.8. The molecule has 31 aromatic rings. The molecule has 0 radical (unpaired) electrons. The molecule has 0 N–H and O–H groups in total. The predicted molar refractivity (Wildman–Crippen MR) is 619 cm³/mol. The van der Waals surface area contributed by atoms with Gasteiger partial charge in [-0.05, 0) is 250 Å². The van der Waals surface area contributed by atoms with E-state index in [1.807, 2.05) is 77.3 Å². The number of rotatable bonds is 10. The average molecular weight is 1890 g/mol. The molecule has 25 aromatic carbocycles. The number of hydrogen-bond donors (Lipinski definition) is 0. The van der Waals surface area contributed by atoms with Crippen molar-refractivity contribution in [1.29, 1.82) is 0 Å². The molecule has 670 valence electrons. The van der Waals surface area contributed by atoms with Gasteiger partial charge in [0.1, 0.15) is 33.5 Å². The summed E-state index contributed by atoms with van der Waals surface area (Å²) in [5, 5.41) is 29.9. The molecular formula is C138H82O3S3. The molecule has 0 unspecified atom stereocenters. The van der Waals surface area contributed by atoms with Gasteiger partial charge >= 0.3 is 0 Å². The Balaban J connectivity index is 0.000000106. The first-order chi connectivity index (χ1) is 73.5. The lowest BCUT2D eigenvalue weighted by Crippen LogP contribution is -1.93. The zero-order valence-corrected chi connectivity index (χ0v) is 79.9. The summed E-state index contributed by atoms with van der Waals surface area (Å²) in [6.45, 7) is 0. The predicted octanol–water partition coefficient (Wildman–Crippen LogP) is 41.5. The molecule has 0 saturated heterocycles. The topological polar surface area (TPSA) is 39.4 Å². The van der Waals surface area contributed by atoms with E-state index in [0.29, 0.717) is 5.56 Å². The van der Waals surface area contributed by atoms with Crippen molar-refractivity contribution in [2.45, 2.75) is 0 Å². The lowest BCUT2D eigenvalue weighted by molar-refractivity contribution is 0.669. The molecule has 0 bridgehead atoms. The maximum Gasteiger partial charge on any atom is 0.143 e. The molecule has 0 aliphatic rings. The van der Waals surface area contributed by atoms with Gasteiger partial charge in [0.2, 0.25) is 0 Å². The maximum atomic E-state index is 8.89. The van der Waals surface area contributed by atoms with Crippen LogP contribution in [0.3, 0.4) is 0 Å². The van der Waals surface area contributed by atoms with E-state index in [1.54, 1.807) is 11.3 Å². The summed E-state index contributed by atoms with van der Waals surface area (Å²) in [4.78, 5) is 2.53. The van der Waals surface area contributed by atoms with Gasteiger partial charge < -0.3 is 13.3 Å². The maximum absolute atomic E-state index is 8.89. The Bertz CT molecular complexity index is 11000. The molecule has 6 aromatic heterocycles. The minimum Gasteiger partial charge on any atom is -0.456 e. The van der Waals surface area contributed by atoms with Crippen LogP contribution in [0.1, 0.15) is 6.85 Å². The molecule has 31 rings (SSSR count). The first-order valence-corrected chi connectivity index (χ1v) is 51.1. The van der Waals surface area contributed by atoms with E-state index >= 15 is 0 Å². The van der Waals surface area contributed by atoms with Crippen LogP contribution < -0.4 is 0 Å². The molecule has 6 heteroatoms. The third-order valence-corrected chi connectivity index (χ3v) is 32.7. The molecule has 0 saturated carbocycles. The van der Waals surface area contributed by atoms with Crippen LogP contribution >= 0.6 is 34.0 Å². The molecule has 0 fully saturated rings. The van der Waals surface area contributed by atoms with Gasteiger partial charge in [0.05, 0.1) is 6.85 Å². The second-order valence-electron chi connectivity index (χ2n) is 37.3. The Morgan fingerprint density at radius 1 is 0.153 bits per heavy atom. The summed E-state index contributed by atoms with van der Waals surface area (Å²) in [5.74, 6) is 0. The summed E-state index contributed by atoms with van der Waals surface area (Å²) >= 11 is 5.49. The van der Waals surface area contributed by atoms with Gasteiger partial charge in [-0.2, -0.15) is 0 Å².